The number of hydrogen-bond donors (Lipinski definition) is 1. The molecule has 0 amide bonds. The van der Waals surface area contributed by atoms with E-state index in [1.807, 2.05) is 13.8 Å². The van der Waals surface area contributed by atoms with E-state index in [1.54, 1.807) is 0 Å². The third-order valence-electron chi connectivity index (χ3n) is 3.49. The number of oxazole rings is 1. The summed E-state index contributed by atoms with van der Waals surface area (Å²) in [6, 6.07) is 0. The molecule has 2 saturated heterocycles. The van der Waals surface area contributed by atoms with E-state index in [0.29, 0.717) is 5.41 Å². The van der Waals surface area contributed by atoms with E-state index in [-0.39, 0.29) is 0 Å². The quantitative estimate of drug-likeness (QED) is 0.775. The maximum atomic E-state index is 5.43. The van der Waals surface area contributed by atoms with Gasteiger partial charge in [0.05, 0.1) is 5.69 Å². The highest BCUT2D eigenvalue weighted by molar-refractivity contribution is 5.11. The molecule has 1 aromatic heterocycles. The van der Waals surface area contributed by atoms with Crippen molar-refractivity contribution < 1.29 is 4.42 Å². The SMILES string of the molecule is Cc1nc(CN2CC3(CNC3)C2)c(C)o1. The molecule has 0 radical (unpaired) electrons. The molecular weight excluding hydrogens is 190 g/mol. The molecule has 0 unspecified atom stereocenters. The summed E-state index contributed by atoms with van der Waals surface area (Å²) in [6.07, 6.45) is 0. The lowest BCUT2D eigenvalue weighted by Crippen LogP contribution is -2.70. The van der Waals surface area contributed by atoms with Crippen LogP contribution in [-0.4, -0.2) is 36.1 Å². The van der Waals surface area contributed by atoms with Gasteiger partial charge in [-0.15, -0.1) is 0 Å². The van der Waals surface area contributed by atoms with Gasteiger partial charge in [-0.25, -0.2) is 4.98 Å². The molecule has 1 N–H and O–H groups in total. The highest BCUT2D eigenvalue weighted by atomic mass is 16.4. The van der Waals surface area contributed by atoms with Gasteiger partial charge in [0.1, 0.15) is 5.76 Å². The second-order valence-corrected chi connectivity index (χ2v) is 4.98. The van der Waals surface area contributed by atoms with Crippen LogP contribution in [0.1, 0.15) is 17.3 Å². The van der Waals surface area contributed by atoms with Gasteiger partial charge in [-0.3, -0.25) is 4.90 Å². The van der Waals surface area contributed by atoms with E-state index >= 15 is 0 Å². The summed E-state index contributed by atoms with van der Waals surface area (Å²) >= 11 is 0. The fourth-order valence-electron chi connectivity index (χ4n) is 2.65. The first-order valence-electron chi connectivity index (χ1n) is 5.53. The van der Waals surface area contributed by atoms with E-state index in [4.69, 9.17) is 4.42 Å². The molecule has 0 saturated carbocycles. The Hall–Kier alpha value is -0.870. The number of aryl methyl sites for hydroxylation is 2. The van der Waals surface area contributed by atoms with Crippen LogP contribution < -0.4 is 5.32 Å². The van der Waals surface area contributed by atoms with E-state index in [0.717, 1.165) is 23.9 Å². The van der Waals surface area contributed by atoms with Crippen molar-refractivity contribution >= 4 is 0 Å². The van der Waals surface area contributed by atoms with Crippen LogP contribution in [0.25, 0.3) is 0 Å². The molecule has 1 spiro atoms. The molecule has 2 aliphatic rings. The Morgan fingerprint density at radius 3 is 2.60 bits per heavy atom. The molecule has 1 aromatic rings. The van der Waals surface area contributed by atoms with E-state index < -0.39 is 0 Å². The fraction of sp³-hybridized carbons (Fsp3) is 0.727. The van der Waals surface area contributed by atoms with Crippen LogP contribution in [0.4, 0.5) is 0 Å². The highest BCUT2D eigenvalue weighted by Crippen LogP contribution is 2.34. The van der Waals surface area contributed by atoms with E-state index in [9.17, 15) is 0 Å². The third kappa shape index (κ3) is 1.48. The fourth-order valence-corrected chi connectivity index (χ4v) is 2.65. The molecule has 0 aromatic carbocycles. The number of hydrogen-bond acceptors (Lipinski definition) is 4. The monoisotopic (exact) mass is 207 g/mol. The lowest BCUT2D eigenvalue weighted by Gasteiger charge is -2.56. The average Bonchev–Trinajstić information content (AvgIpc) is 2.33. The Morgan fingerprint density at radius 1 is 1.40 bits per heavy atom. The average molecular weight is 207 g/mol. The van der Waals surface area contributed by atoms with Crippen molar-refractivity contribution in [1.82, 2.24) is 15.2 Å². The van der Waals surface area contributed by atoms with Crippen molar-refractivity contribution in [1.29, 1.82) is 0 Å². The smallest absolute Gasteiger partial charge is 0.191 e. The molecular formula is C11H17N3O. The maximum Gasteiger partial charge on any atom is 0.191 e. The summed E-state index contributed by atoms with van der Waals surface area (Å²) in [5.41, 5.74) is 1.71. The summed E-state index contributed by atoms with van der Waals surface area (Å²) in [5.74, 6) is 1.75. The van der Waals surface area contributed by atoms with E-state index in [2.05, 4.69) is 15.2 Å². The zero-order valence-corrected chi connectivity index (χ0v) is 9.34. The van der Waals surface area contributed by atoms with Crippen LogP contribution >= 0.6 is 0 Å². The highest BCUT2D eigenvalue weighted by Gasteiger charge is 2.47. The first kappa shape index (κ1) is 9.36. The van der Waals surface area contributed by atoms with Gasteiger partial charge >= 0.3 is 0 Å². The summed E-state index contributed by atoms with van der Waals surface area (Å²) in [4.78, 5) is 6.85. The van der Waals surface area contributed by atoms with Crippen LogP contribution in [0.5, 0.6) is 0 Å². The first-order chi connectivity index (χ1) is 7.17. The molecule has 3 rings (SSSR count). The maximum absolute atomic E-state index is 5.43. The number of aromatic nitrogens is 1. The van der Waals surface area contributed by atoms with E-state index in [1.165, 1.54) is 26.2 Å². The predicted molar refractivity (Wildman–Crippen MR) is 56.6 cm³/mol. The molecule has 0 bridgehead atoms. The number of nitrogens with zero attached hydrogens (tertiary/aromatic N) is 2. The normalized spacial score (nSPS) is 23.9. The summed E-state index contributed by atoms with van der Waals surface area (Å²) in [7, 11) is 0. The Morgan fingerprint density at radius 2 is 2.13 bits per heavy atom. The second-order valence-electron chi connectivity index (χ2n) is 4.98. The van der Waals surface area contributed by atoms with Gasteiger partial charge in [-0.05, 0) is 6.92 Å². The topological polar surface area (TPSA) is 41.3 Å². The van der Waals surface area contributed by atoms with Crippen LogP contribution in [-0.2, 0) is 6.54 Å². The Balaban J connectivity index is 1.60. The zero-order valence-electron chi connectivity index (χ0n) is 9.34. The minimum Gasteiger partial charge on any atom is -0.446 e. The zero-order chi connectivity index (χ0) is 10.5. The molecule has 4 heteroatoms. The number of likely N-dealkylation sites (tertiary alicyclic amines) is 1. The van der Waals surface area contributed by atoms with Crippen LogP contribution in [0.2, 0.25) is 0 Å². The number of nitrogens with one attached hydrogen (secondary N) is 1. The predicted octanol–water partition coefficient (Wildman–Crippen LogP) is 0.697. The van der Waals surface area contributed by atoms with Crippen molar-refractivity contribution in [2.45, 2.75) is 20.4 Å². The van der Waals surface area contributed by atoms with Crippen molar-refractivity contribution in [3.05, 3.63) is 17.3 Å². The Labute approximate surface area is 89.7 Å². The van der Waals surface area contributed by atoms with Crippen LogP contribution in [0, 0.1) is 19.3 Å². The molecule has 15 heavy (non-hydrogen) atoms. The van der Waals surface area contributed by atoms with Crippen LogP contribution in [0.15, 0.2) is 4.42 Å². The Bertz CT molecular complexity index is 373. The van der Waals surface area contributed by atoms with Crippen molar-refractivity contribution in [2.75, 3.05) is 26.2 Å². The van der Waals surface area contributed by atoms with Gasteiger partial charge in [0.15, 0.2) is 5.89 Å². The molecule has 4 nitrogen and oxygen atoms in total. The third-order valence-corrected chi connectivity index (χ3v) is 3.49. The lowest BCUT2D eigenvalue weighted by atomic mass is 9.74. The molecule has 2 fully saturated rings. The lowest BCUT2D eigenvalue weighted by molar-refractivity contribution is -0.0452. The summed E-state index contributed by atoms with van der Waals surface area (Å²) < 4.78 is 5.43. The standard InChI is InChI=1S/C11H17N3O/c1-8-10(13-9(2)15-8)3-14-6-11(7-14)4-12-5-11/h12H,3-7H2,1-2H3. The number of rotatable bonds is 2. The van der Waals surface area contributed by atoms with Gasteiger partial charge in [0, 0.05) is 45.1 Å². The molecule has 82 valence electrons. The van der Waals surface area contributed by atoms with Crippen molar-refractivity contribution in [2.24, 2.45) is 5.41 Å². The van der Waals surface area contributed by atoms with Crippen LogP contribution in [0.3, 0.4) is 0 Å². The minimum absolute atomic E-state index is 0.604. The Kier molecular flexibility index (Phi) is 1.91. The first-order valence-corrected chi connectivity index (χ1v) is 5.53. The van der Waals surface area contributed by atoms with Crippen molar-refractivity contribution in [3.8, 4) is 0 Å². The van der Waals surface area contributed by atoms with Gasteiger partial charge in [0.25, 0.3) is 0 Å². The summed E-state index contributed by atoms with van der Waals surface area (Å²) in [6.45, 7) is 9.67. The molecule has 0 atom stereocenters. The van der Waals surface area contributed by atoms with Gasteiger partial charge in [-0.1, -0.05) is 0 Å². The minimum atomic E-state index is 0.604. The van der Waals surface area contributed by atoms with Gasteiger partial charge in [-0.2, -0.15) is 0 Å². The molecule has 2 aliphatic heterocycles. The van der Waals surface area contributed by atoms with Gasteiger partial charge < -0.3 is 9.73 Å². The van der Waals surface area contributed by atoms with Crippen molar-refractivity contribution in [3.63, 3.8) is 0 Å². The van der Waals surface area contributed by atoms with Gasteiger partial charge in [0.2, 0.25) is 0 Å². The summed E-state index contributed by atoms with van der Waals surface area (Å²) in [5, 5.41) is 3.34. The molecule has 0 aliphatic carbocycles. The second kappa shape index (κ2) is 3.06. The molecule has 3 heterocycles. The largest absolute Gasteiger partial charge is 0.446 e.